The molecule has 0 amide bonds. The second kappa shape index (κ2) is 35.5. The maximum absolute atomic E-state index is 9.81. The van der Waals surface area contributed by atoms with E-state index in [0.717, 1.165) is 5.76 Å². The summed E-state index contributed by atoms with van der Waals surface area (Å²) in [5.41, 5.74) is 14.6. The van der Waals surface area contributed by atoms with Gasteiger partial charge in [-0.25, -0.2) is 29.2 Å². The number of isocyanates is 4. The number of thiocarbonyl (C=S) groups is 2. The number of nitrogens with zero attached hydrogens (tertiary/aromatic N) is 8. The molecule has 18 nitrogen and oxygen atoms in total. The van der Waals surface area contributed by atoms with E-state index in [1.165, 1.54) is 30.6 Å². The van der Waals surface area contributed by atoms with Gasteiger partial charge in [-0.1, -0.05) is 18.2 Å². The molecule has 0 fully saturated rings. The van der Waals surface area contributed by atoms with Gasteiger partial charge >= 0.3 is 0 Å². The summed E-state index contributed by atoms with van der Waals surface area (Å²) in [7, 11) is 0. The molecular formula is C36H30N10O8S2. The average Bonchev–Trinajstić information content (AvgIpc) is 3.96. The Morgan fingerprint density at radius 1 is 0.536 bits per heavy atom. The van der Waals surface area contributed by atoms with Crippen molar-refractivity contribution in [2.45, 2.75) is 20.0 Å². The Labute approximate surface area is 329 Å². The van der Waals surface area contributed by atoms with Gasteiger partial charge in [-0.05, 0) is 116 Å². The van der Waals surface area contributed by atoms with E-state index in [-0.39, 0.29) is 6.54 Å². The van der Waals surface area contributed by atoms with Crippen LogP contribution in [-0.2, 0) is 32.3 Å². The molecular weight excluding hydrogens is 765 g/mol. The molecule has 20 heteroatoms. The first-order chi connectivity index (χ1) is 27.4. The Hall–Kier alpha value is -7.86. The van der Waals surface area contributed by atoms with Gasteiger partial charge in [-0.15, -0.1) is 0 Å². The second-order valence-corrected chi connectivity index (χ2v) is 9.20. The second-order valence-electron chi connectivity index (χ2n) is 8.84. The monoisotopic (exact) mass is 794 g/mol. The molecule has 0 spiro atoms. The van der Waals surface area contributed by atoms with Gasteiger partial charge in [-0.2, -0.15) is 31.0 Å². The Kier molecular flexibility index (Phi) is 30.6. The van der Waals surface area contributed by atoms with Crippen LogP contribution in [0, 0.1) is 11.1 Å². The van der Waals surface area contributed by atoms with Crippen molar-refractivity contribution in [1.29, 1.82) is 11.1 Å². The minimum Gasteiger partial charge on any atom is -0.467 e. The van der Waals surface area contributed by atoms with E-state index in [4.69, 9.17) is 24.7 Å². The number of hydrogen-bond acceptors (Lipinski definition) is 20. The van der Waals surface area contributed by atoms with Crippen LogP contribution in [0.1, 0.15) is 18.4 Å². The Morgan fingerprint density at radius 2 is 0.982 bits per heavy atom. The van der Waals surface area contributed by atoms with E-state index in [0.29, 0.717) is 47.4 Å². The van der Waals surface area contributed by atoms with Crippen molar-refractivity contribution >= 4 is 76.1 Å². The largest absolute Gasteiger partial charge is 0.467 e. The zero-order valence-corrected chi connectivity index (χ0v) is 30.9. The van der Waals surface area contributed by atoms with Crippen molar-refractivity contribution < 1.29 is 37.7 Å². The Bertz CT molecular complexity index is 1980. The number of carbonyl (C=O) groups excluding carboxylic acids is 4. The summed E-state index contributed by atoms with van der Waals surface area (Å²) < 4.78 is 9.82. The summed E-state index contributed by atoms with van der Waals surface area (Å²) in [6, 6.07) is 29.0. The first kappa shape index (κ1) is 48.1. The fourth-order valence-electron chi connectivity index (χ4n) is 3.02. The van der Waals surface area contributed by atoms with Crippen LogP contribution in [0.3, 0.4) is 0 Å². The smallest absolute Gasteiger partial charge is 0.240 e. The standard InChI is InChI=1S/C7H5N3O2.C7H5N3OS.C7H5NO.C6H5NO2.C6H5NOS.C3H5NO/c8-10-12-7-3-1-6(2-4-7)9-5-11;8-10-11-7-3-1-6(2-4-7)9-5-12;9-6-8-7-4-2-1-3-5-7;8-5-7-4-6-2-1-3-9-6;9-5-7-4-6-2-1-3-8-6;1-2-4-3-5/h2*1-4,8H;1-5H;2*1-3H,4H2;2H2,1H3. The molecule has 0 bridgehead atoms. The number of furan rings is 2. The SMILES string of the molecule is CCN=C=O.N=NOc1ccc(N=C=O)cc1.N=NOc1ccc(N=C=S)cc1.O=C=NCc1ccco1.O=C=Nc1ccccc1.S=C=NCc1ccco1. The number of isothiocyanates is 2. The van der Waals surface area contributed by atoms with E-state index in [1.54, 1.807) is 86.0 Å². The summed E-state index contributed by atoms with van der Waals surface area (Å²) >= 11 is 8.79. The third-order valence-electron chi connectivity index (χ3n) is 5.24. The van der Waals surface area contributed by atoms with E-state index < -0.39 is 0 Å². The lowest BCUT2D eigenvalue weighted by molar-refractivity contribution is 0.298. The quantitative estimate of drug-likeness (QED) is 0.0397. The topological polar surface area (TPSA) is 260 Å². The van der Waals surface area contributed by atoms with Crippen molar-refractivity contribution in [3.63, 3.8) is 0 Å². The molecule has 0 saturated heterocycles. The Morgan fingerprint density at radius 3 is 1.32 bits per heavy atom. The van der Waals surface area contributed by atoms with Crippen LogP contribution in [0.5, 0.6) is 11.5 Å². The number of hydrogen-bond donors (Lipinski definition) is 2. The number of rotatable bonds is 12. The van der Waals surface area contributed by atoms with Crippen molar-refractivity contribution in [3.8, 4) is 11.5 Å². The summed E-state index contributed by atoms with van der Waals surface area (Å²) in [4.78, 5) is 67.9. The molecule has 2 heterocycles. The van der Waals surface area contributed by atoms with E-state index >= 15 is 0 Å². The molecule has 2 N–H and O–H groups in total. The summed E-state index contributed by atoms with van der Waals surface area (Å²) in [5.74, 6) is 2.41. The molecule has 0 unspecified atom stereocenters. The molecule has 5 aromatic rings. The predicted octanol–water partition coefficient (Wildman–Crippen LogP) is 9.72. The van der Waals surface area contributed by atoms with Crippen LogP contribution in [0.25, 0.3) is 0 Å². The van der Waals surface area contributed by atoms with E-state index in [1.807, 2.05) is 30.3 Å². The fourth-order valence-corrected chi connectivity index (χ4v) is 3.19. The zero-order valence-electron chi connectivity index (χ0n) is 29.3. The van der Waals surface area contributed by atoms with Gasteiger partial charge in [0.25, 0.3) is 0 Å². The molecule has 0 atom stereocenters. The first-order valence-corrected chi connectivity index (χ1v) is 16.0. The fraction of sp³-hybridized carbons (Fsp3) is 0.111. The van der Waals surface area contributed by atoms with E-state index in [9.17, 15) is 14.4 Å². The molecule has 56 heavy (non-hydrogen) atoms. The van der Waals surface area contributed by atoms with Crippen LogP contribution in [0.15, 0.2) is 165 Å². The van der Waals surface area contributed by atoms with Crippen LogP contribution in [-0.4, -0.2) is 41.2 Å². The minimum absolute atomic E-state index is 0.288. The van der Waals surface area contributed by atoms with Gasteiger partial charge in [-0.3, -0.25) is 0 Å². The lowest BCUT2D eigenvalue weighted by atomic mass is 10.3. The highest BCUT2D eigenvalue weighted by molar-refractivity contribution is 7.78. The number of aliphatic imine (C=N–C) groups is 6. The van der Waals surface area contributed by atoms with Crippen molar-refractivity contribution in [2.75, 3.05) is 6.54 Å². The molecule has 2 aromatic heterocycles. The highest BCUT2D eigenvalue weighted by Crippen LogP contribution is 2.18. The van der Waals surface area contributed by atoms with Crippen molar-refractivity contribution in [1.82, 2.24) is 0 Å². The maximum Gasteiger partial charge on any atom is 0.240 e. The predicted molar refractivity (Wildman–Crippen MR) is 208 cm³/mol. The van der Waals surface area contributed by atoms with Crippen molar-refractivity contribution in [3.05, 3.63) is 127 Å². The Balaban J connectivity index is 0.000000659. The number of benzene rings is 3. The lowest BCUT2D eigenvalue weighted by Gasteiger charge is -1.94. The third kappa shape index (κ3) is 26.9. The van der Waals surface area contributed by atoms with Gasteiger partial charge in [0.1, 0.15) is 24.6 Å². The molecule has 3 aromatic carbocycles. The number of para-hydroxylation sites is 1. The van der Waals surface area contributed by atoms with Crippen LogP contribution in [0.4, 0.5) is 17.1 Å². The lowest BCUT2D eigenvalue weighted by Crippen LogP contribution is -1.77. The van der Waals surface area contributed by atoms with Crippen molar-refractivity contribution in [2.24, 2.45) is 40.5 Å². The van der Waals surface area contributed by atoms with Crippen LogP contribution in [0.2, 0.25) is 0 Å². The normalized spacial score (nSPS) is 8.09. The summed E-state index contributed by atoms with van der Waals surface area (Å²) in [6.45, 7) is 3.11. The third-order valence-corrected chi connectivity index (χ3v) is 5.46. The number of nitrogens with one attached hydrogen (secondary N) is 2. The van der Waals surface area contributed by atoms with Gasteiger partial charge in [0, 0.05) is 17.1 Å². The molecule has 0 aliphatic rings. The maximum atomic E-state index is 9.81. The summed E-state index contributed by atoms with van der Waals surface area (Å²) in [5, 5.41) is 9.99. The first-order valence-electron chi connectivity index (χ1n) is 15.2. The van der Waals surface area contributed by atoms with Gasteiger partial charge in [0.2, 0.25) is 24.3 Å². The van der Waals surface area contributed by atoms with Gasteiger partial charge in [0.15, 0.2) is 11.5 Å². The van der Waals surface area contributed by atoms with Gasteiger partial charge < -0.3 is 18.5 Å². The summed E-state index contributed by atoms with van der Waals surface area (Å²) in [6.07, 6.45) is 8.82. The van der Waals surface area contributed by atoms with E-state index in [2.05, 4.69) is 84.9 Å². The molecule has 0 radical (unpaired) electrons. The van der Waals surface area contributed by atoms with Gasteiger partial charge in [0.05, 0.1) is 39.9 Å². The average molecular weight is 795 g/mol. The highest BCUT2D eigenvalue weighted by Gasteiger charge is 1.93. The highest BCUT2D eigenvalue weighted by atomic mass is 32.1. The molecule has 284 valence electrons. The molecule has 0 aliphatic heterocycles. The molecule has 0 saturated carbocycles. The van der Waals surface area contributed by atoms with Crippen LogP contribution < -0.4 is 9.68 Å². The molecule has 5 rings (SSSR count). The molecule has 0 aliphatic carbocycles. The van der Waals surface area contributed by atoms with Crippen LogP contribution >= 0.6 is 24.4 Å². The zero-order chi connectivity index (χ0) is 41.3. The minimum atomic E-state index is 0.288.